The average Bonchev–Trinajstić information content (AvgIpc) is 3.05. The summed E-state index contributed by atoms with van der Waals surface area (Å²) in [5.74, 6) is 0. The molecule has 3 rings (SSSR count). The zero-order chi connectivity index (χ0) is 17.5. The molecule has 0 bridgehead atoms. The summed E-state index contributed by atoms with van der Waals surface area (Å²) in [6.07, 6.45) is 6.26. The van der Waals surface area contributed by atoms with Gasteiger partial charge in [-0.2, -0.15) is 0 Å². The van der Waals surface area contributed by atoms with Gasteiger partial charge in [0.2, 0.25) is 0 Å². The van der Waals surface area contributed by atoms with Crippen molar-refractivity contribution in [1.29, 1.82) is 0 Å². The predicted molar refractivity (Wildman–Crippen MR) is 102 cm³/mol. The van der Waals surface area contributed by atoms with Crippen molar-refractivity contribution in [3.8, 4) is 0 Å². The van der Waals surface area contributed by atoms with Gasteiger partial charge in [-0.05, 0) is 0 Å². The van der Waals surface area contributed by atoms with Gasteiger partial charge in [-0.25, -0.2) is 0 Å². The molecule has 25 heavy (non-hydrogen) atoms. The first-order chi connectivity index (χ1) is 12.2. The molecule has 2 aromatic carbocycles. The minimum atomic E-state index is 0.0989. The van der Waals surface area contributed by atoms with E-state index in [1.54, 1.807) is 0 Å². The summed E-state index contributed by atoms with van der Waals surface area (Å²) in [7, 11) is 2.02. The fourth-order valence-electron chi connectivity index (χ4n) is 2.54. The van der Waals surface area contributed by atoms with Crippen LogP contribution in [-0.2, 0) is 18.3 Å². The van der Waals surface area contributed by atoms with E-state index < -0.39 is 0 Å². The molecular formula is C20H22ClN2OSe+. The van der Waals surface area contributed by atoms with Gasteiger partial charge in [0.1, 0.15) is 0 Å². The van der Waals surface area contributed by atoms with E-state index in [9.17, 15) is 0 Å². The number of nitrogens with zero attached hydrogens (tertiary/aromatic N) is 2. The van der Waals surface area contributed by atoms with Crippen molar-refractivity contribution in [1.82, 2.24) is 4.57 Å². The Morgan fingerprint density at radius 2 is 1.88 bits per heavy atom. The number of hydrogen-bond acceptors (Lipinski definition) is 1. The molecule has 0 amide bonds. The number of hydrogen-bond donors (Lipinski definition) is 0. The molecule has 3 aromatic rings. The molecule has 3 nitrogen and oxygen atoms in total. The second-order valence-electron chi connectivity index (χ2n) is 5.85. The van der Waals surface area contributed by atoms with Gasteiger partial charge in [0, 0.05) is 0 Å². The van der Waals surface area contributed by atoms with Crippen LogP contribution in [0.4, 0.5) is 0 Å². The van der Waals surface area contributed by atoms with Crippen molar-refractivity contribution >= 4 is 31.0 Å². The van der Waals surface area contributed by atoms with Gasteiger partial charge in [0.15, 0.2) is 0 Å². The first-order valence-electron chi connectivity index (χ1n) is 8.26. The Kier molecular flexibility index (Phi) is 6.71. The van der Waals surface area contributed by atoms with Crippen molar-refractivity contribution in [3.05, 3.63) is 83.9 Å². The molecule has 0 N–H and O–H groups in total. The van der Waals surface area contributed by atoms with Crippen LogP contribution in [0.1, 0.15) is 11.7 Å². The Hall–Kier alpha value is -1.58. The van der Waals surface area contributed by atoms with Crippen LogP contribution >= 0.6 is 11.6 Å². The van der Waals surface area contributed by atoms with E-state index in [1.165, 1.54) is 10.0 Å². The Morgan fingerprint density at radius 1 is 1.12 bits per heavy atom. The van der Waals surface area contributed by atoms with Crippen LogP contribution in [0.15, 0.2) is 73.3 Å². The van der Waals surface area contributed by atoms with Gasteiger partial charge >= 0.3 is 160 Å². The number of aromatic nitrogens is 2. The zero-order valence-corrected chi connectivity index (χ0v) is 16.7. The molecule has 0 spiro atoms. The normalized spacial score (nSPS) is 12.2. The van der Waals surface area contributed by atoms with Crippen LogP contribution in [0.25, 0.3) is 0 Å². The maximum atomic E-state index is 6.25. The Morgan fingerprint density at radius 3 is 2.56 bits per heavy atom. The maximum absolute atomic E-state index is 6.25. The molecule has 0 aliphatic rings. The number of halogens is 1. The minimum absolute atomic E-state index is 0.0989. The molecule has 1 unspecified atom stereocenters. The molecule has 0 fully saturated rings. The van der Waals surface area contributed by atoms with E-state index in [2.05, 4.69) is 59.6 Å². The summed E-state index contributed by atoms with van der Waals surface area (Å²) in [6, 6.07) is 18.7. The molecule has 0 saturated heterocycles. The fraction of sp³-hybridized carbons (Fsp3) is 0.250. The van der Waals surface area contributed by atoms with Gasteiger partial charge in [-0.3, -0.25) is 0 Å². The number of imidazole rings is 1. The van der Waals surface area contributed by atoms with Gasteiger partial charge < -0.3 is 0 Å². The van der Waals surface area contributed by atoms with Gasteiger partial charge in [-0.1, -0.05) is 0 Å². The van der Waals surface area contributed by atoms with Crippen LogP contribution in [0.5, 0.6) is 0 Å². The molecule has 1 aromatic heterocycles. The summed E-state index contributed by atoms with van der Waals surface area (Å²) >= 11 is 6.41. The monoisotopic (exact) mass is 421 g/mol. The molecule has 0 saturated carbocycles. The van der Waals surface area contributed by atoms with Crippen LogP contribution < -0.4 is 9.03 Å². The number of ether oxygens (including phenoxy) is 1. The van der Waals surface area contributed by atoms with E-state index in [0.717, 1.165) is 16.9 Å². The standard InChI is InChI=1S/C20H22ClN2OSe/c1-22-11-12-23(16-22)13-14-24-20(17-7-9-18(21)10-8-17)15-25-19-5-3-2-4-6-19/h2-12,16,20H,13-15H2,1H3/q+1. The SMILES string of the molecule is C[n+]1ccn(CCOC(C[Se]c2ccccc2)c2ccc(Cl)cc2)c1. The summed E-state index contributed by atoms with van der Waals surface area (Å²) in [5, 5.41) is 1.77. The molecule has 5 heteroatoms. The van der Waals surface area contributed by atoms with Crippen molar-refractivity contribution in [2.75, 3.05) is 6.61 Å². The van der Waals surface area contributed by atoms with Crippen LogP contribution in [0.2, 0.25) is 10.3 Å². The van der Waals surface area contributed by atoms with Crippen molar-refractivity contribution in [3.63, 3.8) is 0 Å². The van der Waals surface area contributed by atoms with E-state index in [4.69, 9.17) is 16.3 Å². The van der Waals surface area contributed by atoms with Crippen LogP contribution in [-0.4, -0.2) is 26.1 Å². The summed E-state index contributed by atoms with van der Waals surface area (Å²) in [4.78, 5) is 0. The quantitative estimate of drug-likeness (QED) is 0.404. The van der Waals surface area contributed by atoms with Crippen molar-refractivity contribution in [2.45, 2.75) is 18.0 Å². The number of aryl methyl sites for hydroxylation is 1. The molecule has 130 valence electrons. The Balaban J connectivity index is 1.62. The third kappa shape index (κ3) is 5.72. The Bertz CT molecular complexity index is 774. The third-order valence-corrected chi connectivity index (χ3v) is 6.39. The first-order valence-corrected chi connectivity index (χ1v) is 10.7. The summed E-state index contributed by atoms with van der Waals surface area (Å²) < 4.78 is 11.8. The van der Waals surface area contributed by atoms with Gasteiger partial charge in [0.05, 0.1) is 0 Å². The average molecular weight is 421 g/mol. The fourth-order valence-corrected chi connectivity index (χ4v) is 4.73. The number of benzene rings is 2. The second-order valence-corrected chi connectivity index (χ2v) is 8.58. The van der Waals surface area contributed by atoms with Crippen molar-refractivity contribution in [2.24, 2.45) is 7.05 Å². The predicted octanol–water partition coefficient (Wildman–Crippen LogP) is 3.17. The summed E-state index contributed by atoms with van der Waals surface area (Å²) in [5.41, 5.74) is 1.19. The van der Waals surface area contributed by atoms with Gasteiger partial charge in [0.25, 0.3) is 0 Å². The van der Waals surface area contributed by atoms with E-state index in [-0.39, 0.29) is 6.10 Å². The molecule has 1 heterocycles. The Labute approximate surface area is 160 Å². The second kappa shape index (κ2) is 9.21. The summed E-state index contributed by atoms with van der Waals surface area (Å²) in [6.45, 7) is 1.54. The van der Waals surface area contributed by atoms with Gasteiger partial charge in [-0.15, -0.1) is 0 Å². The third-order valence-electron chi connectivity index (χ3n) is 3.88. The molecular weight excluding hydrogens is 399 g/mol. The first kappa shape index (κ1) is 18.2. The van der Waals surface area contributed by atoms with Crippen LogP contribution in [0, 0.1) is 0 Å². The van der Waals surface area contributed by atoms with Crippen molar-refractivity contribution < 1.29 is 9.30 Å². The van der Waals surface area contributed by atoms with E-state index in [0.29, 0.717) is 21.6 Å². The van der Waals surface area contributed by atoms with E-state index in [1.807, 2.05) is 29.9 Å². The number of rotatable bonds is 8. The topological polar surface area (TPSA) is 18.0 Å². The van der Waals surface area contributed by atoms with Crippen LogP contribution in [0.3, 0.4) is 0 Å². The molecule has 0 aliphatic carbocycles. The zero-order valence-electron chi connectivity index (χ0n) is 14.2. The molecule has 0 radical (unpaired) electrons. The molecule has 0 aliphatic heterocycles. The molecule has 1 atom stereocenters. The van der Waals surface area contributed by atoms with E-state index >= 15 is 0 Å².